The number of pyridine rings is 1. The molecule has 1 aromatic rings. The molecule has 80 valence electrons. The molecule has 0 aromatic carbocycles. The number of rotatable bonds is 3. The number of hydrogen-bond acceptors (Lipinski definition) is 3. The molecule has 0 bridgehead atoms. The smallest absolute Gasteiger partial charge is 0.0651 e. The summed E-state index contributed by atoms with van der Waals surface area (Å²) in [4.78, 5) is 3.84. The molecule has 0 aliphatic carbocycles. The van der Waals surface area contributed by atoms with Gasteiger partial charge in [0, 0.05) is 24.0 Å². The highest BCUT2D eigenvalue weighted by atomic mass is 35.5. The van der Waals surface area contributed by atoms with E-state index in [-0.39, 0.29) is 18.4 Å². The highest BCUT2D eigenvalue weighted by molar-refractivity contribution is 6.35. The second-order valence-corrected chi connectivity index (χ2v) is 3.52. The lowest BCUT2D eigenvalue weighted by Crippen LogP contribution is -2.16. The zero-order chi connectivity index (χ0) is 9.84. The maximum atomic E-state index is 5.89. The first-order chi connectivity index (χ1) is 6.16. The molecule has 0 saturated carbocycles. The van der Waals surface area contributed by atoms with Crippen molar-refractivity contribution in [1.82, 2.24) is 4.98 Å². The molecule has 1 aromatic heterocycles. The van der Waals surface area contributed by atoms with Crippen molar-refractivity contribution in [2.45, 2.75) is 12.5 Å². The number of nitrogens with zero attached hydrogens (tertiary/aromatic N) is 1. The molecular weight excluding hydrogens is 244 g/mol. The largest absolute Gasteiger partial charge is 0.330 e. The van der Waals surface area contributed by atoms with Gasteiger partial charge in [0.25, 0.3) is 0 Å². The van der Waals surface area contributed by atoms with Crippen molar-refractivity contribution in [2.75, 3.05) is 6.54 Å². The maximum Gasteiger partial charge on any atom is 0.0651 e. The Kier molecular flexibility index (Phi) is 6.40. The first kappa shape index (κ1) is 13.9. The third-order valence-corrected chi connectivity index (χ3v) is 2.34. The summed E-state index contributed by atoms with van der Waals surface area (Å²) in [5.74, 6) is 0. The first-order valence-electron chi connectivity index (χ1n) is 3.91. The normalized spacial score (nSPS) is 12.0. The van der Waals surface area contributed by atoms with E-state index in [1.807, 2.05) is 0 Å². The van der Waals surface area contributed by atoms with E-state index in [4.69, 9.17) is 34.7 Å². The Morgan fingerprint density at radius 3 is 2.21 bits per heavy atom. The molecular formula is C8H12Cl3N3. The molecule has 0 amide bonds. The summed E-state index contributed by atoms with van der Waals surface area (Å²) < 4.78 is 0. The molecule has 1 atom stereocenters. The van der Waals surface area contributed by atoms with Gasteiger partial charge in [-0.3, -0.25) is 4.98 Å². The number of nitrogens with two attached hydrogens (primary N) is 2. The predicted molar refractivity (Wildman–Crippen MR) is 62.1 cm³/mol. The molecule has 0 aliphatic rings. The van der Waals surface area contributed by atoms with Crippen LogP contribution in [0.25, 0.3) is 0 Å². The van der Waals surface area contributed by atoms with Crippen molar-refractivity contribution >= 4 is 35.6 Å². The van der Waals surface area contributed by atoms with Gasteiger partial charge in [-0.2, -0.15) is 0 Å². The molecule has 0 unspecified atom stereocenters. The van der Waals surface area contributed by atoms with Gasteiger partial charge >= 0.3 is 0 Å². The van der Waals surface area contributed by atoms with Gasteiger partial charge in [0.2, 0.25) is 0 Å². The van der Waals surface area contributed by atoms with Crippen LogP contribution >= 0.6 is 35.6 Å². The van der Waals surface area contributed by atoms with E-state index >= 15 is 0 Å². The van der Waals surface area contributed by atoms with Crippen LogP contribution in [-0.2, 0) is 0 Å². The molecule has 14 heavy (non-hydrogen) atoms. The third kappa shape index (κ3) is 3.26. The van der Waals surface area contributed by atoms with Crippen LogP contribution in [0.5, 0.6) is 0 Å². The summed E-state index contributed by atoms with van der Waals surface area (Å²) >= 11 is 11.8. The molecule has 6 heteroatoms. The average Bonchev–Trinajstić information content (AvgIpc) is 2.04. The lowest BCUT2D eigenvalue weighted by Gasteiger charge is -2.13. The van der Waals surface area contributed by atoms with Crippen molar-refractivity contribution in [3.05, 3.63) is 28.0 Å². The minimum absolute atomic E-state index is 0. The minimum Gasteiger partial charge on any atom is -0.330 e. The highest BCUT2D eigenvalue weighted by Crippen LogP contribution is 2.29. The topological polar surface area (TPSA) is 64.9 Å². The van der Waals surface area contributed by atoms with Gasteiger partial charge in [0.15, 0.2) is 0 Å². The second kappa shape index (κ2) is 6.43. The average molecular weight is 257 g/mol. The van der Waals surface area contributed by atoms with Gasteiger partial charge in [0.1, 0.15) is 0 Å². The second-order valence-electron chi connectivity index (χ2n) is 2.70. The molecule has 3 nitrogen and oxygen atoms in total. The lowest BCUT2D eigenvalue weighted by molar-refractivity contribution is 0.661. The van der Waals surface area contributed by atoms with E-state index in [0.29, 0.717) is 23.0 Å². The van der Waals surface area contributed by atoms with E-state index in [1.165, 1.54) is 12.4 Å². The fourth-order valence-corrected chi connectivity index (χ4v) is 1.74. The van der Waals surface area contributed by atoms with Gasteiger partial charge < -0.3 is 11.5 Å². The Bertz CT molecular complexity index is 273. The van der Waals surface area contributed by atoms with E-state index in [0.717, 1.165) is 5.56 Å². The van der Waals surface area contributed by atoms with Crippen LogP contribution in [-0.4, -0.2) is 11.5 Å². The van der Waals surface area contributed by atoms with Crippen LogP contribution in [0.4, 0.5) is 0 Å². The van der Waals surface area contributed by atoms with Gasteiger partial charge in [0.05, 0.1) is 10.0 Å². The third-order valence-electron chi connectivity index (χ3n) is 1.74. The Labute approximate surface area is 99.2 Å². The molecule has 1 rings (SSSR count). The summed E-state index contributed by atoms with van der Waals surface area (Å²) in [5, 5.41) is 0.988. The van der Waals surface area contributed by atoms with Crippen molar-refractivity contribution < 1.29 is 0 Å². The van der Waals surface area contributed by atoms with Crippen molar-refractivity contribution in [2.24, 2.45) is 11.5 Å². The van der Waals surface area contributed by atoms with Crippen molar-refractivity contribution in [1.29, 1.82) is 0 Å². The van der Waals surface area contributed by atoms with E-state index in [2.05, 4.69) is 4.98 Å². The van der Waals surface area contributed by atoms with Crippen molar-refractivity contribution in [3.63, 3.8) is 0 Å². The number of halogens is 3. The van der Waals surface area contributed by atoms with E-state index < -0.39 is 0 Å². The van der Waals surface area contributed by atoms with Crippen LogP contribution in [0.2, 0.25) is 10.0 Å². The highest BCUT2D eigenvalue weighted by Gasteiger charge is 2.13. The van der Waals surface area contributed by atoms with Gasteiger partial charge in [-0.05, 0) is 13.0 Å². The fourth-order valence-electron chi connectivity index (χ4n) is 1.10. The minimum atomic E-state index is -0.215. The summed E-state index contributed by atoms with van der Waals surface area (Å²) in [6.45, 7) is 0.510. The zero-order valence-electron chi connectivity index (χ0n) is 7.41. The van der Waals surface area contributed by atoms with Gasteiger partial charge in [-0.1, -0.05) is 23.2 Å². The van der Waals surface area contributed by atoms with Gasteiger partial charge in [-0.15, -0.1) is 12.4 Å². The molecule has 4 N–H and O–H groups in total. The van der Waals surface area contributed by atoms with Crippen LogP contribution in [0.3, 0.4) is 0 Å². The van der Waals surface area contributed by atoms with E-state index in [9.17, 15) is 0 Å². The molecule has 0 saturated heterocycles. The number of hydrogen-bond donors (Lipinski definition) is 2. The van der Waals surface area contributed by atoms with Crippen LogP contribution < -0.4 is 11.5 Å². The fraction of sp³-hybridized carbons (Fsp3) is 0.375. The summed E-state index contributed by atoms with van der Waals surface area (Å²) in [7, 11) is 0. The van der Waals surface area contributed by atoms with Crippen LogP contribution in [0, 0.1) is 0 Å². The molecule has 1 heterocycles. The van der Waals surface area contributed by atoms with Gasteiger partial charge in [-0.25, -0.2) is 0 Å². The lowest BCUT2D eigenvalue weighted by atomic mass is 10.1. The Hall–Kier alpha value is -0.0600. The predicted octanol–water partition coefficient (Wildman–Crippen LogP) is 2.16. The Morgan fingerprint density at radius 1 is 1.29 bits per heavy atom. The monoisotopic (exact) mass is 255 g/mol. The summed E-state index contributed by atoms with van der Waals surface area (Å²) in [6.07, 6.45) is 3.71. The standard InChI is InChI=1S/C8H11Cl2N3.ClH/c9-5-3-13-4-6(10)8(5)7(12)1-2-11;/h3-4,7H,1-2,11-12H2;1H/t7-;/m0./s1. The summed E-state index contributed by atoms with van der Waals surface area (Å²) in [5.41, 5.74) is 11.9. The number of aromatic nitrogens is 1. The zero-order valence-corrected chi connectivity index (χ0v) is 9.74. The quantitative estimate of drug-likeness (QED) is 0.871. The Morgan fingerprint density at radius 2 is 1.79 bits per heavy atom. The molecule has 0 fully saturated rings. The molecule has 0 aliphatic heterocycles. The van der Waals surface area contributed by atoms with E-state index in [1.54, 1.807) is 0 Å². The Balaban J connectivity index is 0.00000169. The summed E-state index contributed by atoms with van der Waals surface area (Å²) in [6, 6.07) is -0.215. The van der Waals surface area contributed by atoms with Crippen LogP contribution in [0.1, 0.15) is 18.0 Å². The maximum absolute atomic E-state index is 5.89. The SMILES string of the molecule is Cl.NCC[C@H](N)c1c(Cl)cncc1Cl. The first-order valence-corrected chi connectivity index (χ1v) is 4.67. The molecule has 0 spiro atoms. The molecule has 0 radical (unpaired) electrons. The van der Waals surface area contributed by atoms with Crippen LogP contribution in [0.15, 0.2) is 12.4 Å². The van der Waals surface area contributed by atoms with Crippen molar-refractivity contribution in [3.8, 4) is 0 Å².